The normalized spacial score (nSPS) is 13.6. The molecular weight excluding hydrogens is 254 g/mol. The molecule has 6 nitrogen and oxygen atoms in total. The third kappa shape index (κ3) is 6.25. The number of hydrogen-bond donors (Lipinski definition) is 3. The minimum atomic E-state index is -0.586. The number of aromatic nitrogens is 2. The van der Waals surface area contributed by atoms with Gasteiger partial charge in [-0.05, 0) is 11.8 Å². The summed E-state index contributed by atoms with van der Waals surface area (Å²) in [7, 11) is 0. The van der Waals surface area contributed by atoms with E-state index in [1.54, 1.807) is 0 Å². The molecule has 1 atom stereocenters. The highest BCUT2D eigenvalue weighted by Gasteiger charge is 2.17. The summed E-state index contributed by atoms with van der Waals surface area (Å²) < 4.78 is 12.9. The fourth-order valence-electron chi connectivity index (χ4n) is 1.43. The van der Waals surface area contributed by atoms with Crippen molar-refractivity contribution in [1.29, 1.82) is 0 Å². The number of hydrogen-bond acceptors (Lipinski definition) is 7. The lowest BCUT2D eigenvalue weighted by atomic mass is 9.90. The molecule has 0 aliphatic carbocycles. The van der Waals surface area contributed by atoms with Crippen molar-refractivity contribution in [2.75, 3.05) is 26.3 Å². The minimum absolute atomic E-state index is 0.0220. The van der Waals surface area contributed by atoms with Crippen LogP contribution >= 0.6 is 11.7 Å². The third-order valence-corrected chi connectivity index (χ3v) is 3.00. The first-order chi connectivity index (χ1) is 8.53. The first-order valence-electron chi connectivity index (χ1n) is 5.93. The van der Waals surface area contributed by atoms with Crippen LogP contribution in [0.5, 0.6) is 5.88 Å². The van der Waals surface area contributed by atoms with Crippen LogP contribution in [0.15, 0.2) is 6.20 Å². The lowest BCUT2D eigenvalue weighted by Crippen LogP contribution is -2.37. The van der Waals surface area contributed by atoms with Crippen LogP contribution in [0, 0.1) is 5.41 Å². The van der Waals surface area contributed by atoms with Gasteiger partial charge in [0.1, 0.15) is 18.9 Å². The summed E-state index contributed by atoms with van der Waals surface area (Å²) in [5, 5.41) is 21.8. The predicted molar refractivity (Wildman–Crippen MR) is 69.8 cm³/mol. The van der Waals surface area contributed by atoms with Gasteiger partial charge in [-0.2, -0.15) is 4.37 Å². The Kier molecular flexibility index (Phi) is 6.48. The monoisotopic (exact) mass is 275 g/mol. The molecule has 0 saturated carbocycles. The molecule has 0 amide bonds. The summed E-state index contributed by atoms with van der Waals surface area (Å²) in [6.07, 6.45) is 1.67. The molecule has 0 fully saturated rings. The SMILES string of the molecule is CC(C)(CCO)CNCC(O)COc1cnsn1. The zero-order chi connectivity index (χ0) is 13.4. The molecule has 1 unspecified atom stereocenters. The Morgan fingerprint density at radius 3 is 2.94 bits per heavy atom. The van der Waals surface area contributed by atoms with Crippen molar-refractivity contribution >= 4 is 11.7 Å². The molecule has 1 rings (SSSR count). The van der Waals surface area contributed by atoms with Crippen LogP contribution in [0.1, 0.15) is 20.3 Å². The van der Waals surface area contributed by atoms with Crippen LogP contribution < -0.4 is 10.1 Å². The van der Waals surface area contributed by atoms with Gasteiger partial charge in [0.05, 0.1) is 11.7 Å². The molecule has 0 aromatic carbocycles. The summed E-state index contributed by atoms with van der Waals surface area (Å²) in [4.78, 5) is 0. The topological polar surface area (TPSA) is 87.5 Å². The van der Waals surface area contributed by atoms with E-state index in [9.17, 15) is 5.11 Å². The molecule has 0 spiro atoms. The fraction of sp³-hybridized carbons (Fsp3) is 0.818. The van der Waals surface area contributed by atoms with Crippen LogP contribution in [0.3, 0.4) is 0 Å². The molecule has 104 valence electrons. The van der Waals surface area contributed by atoms with Gasteiger partial charge in [-0.25, -0.2) is 0 Å². The van der Waals surface area contributed by atoms with E-state index >= 15 is 0 Å². The number of nitrogens with zero attached hydrogens (tertiary/aromatic N) is 2. The van der Waals surface area contributed by atoms with E-state index in [-0.39, 0.29) is 18.6 Å². The molecule has 7 heteroatoms. The van der Waals surface area contributed by atoms with E-state index in [2.05, 4.69) is 27.9 Å². The molecule has 1 heterocycles. The van der Waals surface area contributed by atoms with Crippen LogP contribution in [0.2, 0.25) is 0 Å². The maximum absolute atomic E-state index is 9.69. The van der Waals surface area contributed by atoms with Gasteiger partial charge in [-0.15, -0.1) is 4.37 Å². The van der Waals surface area contributed by atoms with Crippen molar-refractivity contribution in [1.82, 2.24) is 14.1 Å². The highest BCUT2D eigenvalue weighted by Crippen LogP contribution is 2.17. The molecule has 0 aliphatic rings. The predicted octanol–water partition coefficient (Wildman–Crippen LogP) is 0.276. The van der Waals surface area contributed by atoms with Gasteiger partial charge >= 0.3 is 0 Å². The highest BCUT2D eigenvalue weighted by molar-refractivity contribution is 6.99. The zero-order valence-electron chi connectivity index (χ0n) is 10.8. The molecule has 0 aliphatic heterocycles. The van der Waals surface area contributed by atoms with E-state index < -0.39 is 6.10 Å². The third-order valence-electron chi connectivity index (χ3n) is 2.54. The maximum atomic E-state index is 9.69. The summed E-state index contributed by atoms with van der Waals surface area (Å²) in [5.41, 5.74) is 0.0220. The van der Waals surface area contributed by atoms with Gasteiger partial charge in [0.15, 0.2) is 0 Å². The number of aliphatic hydroxyl groups is 2. The maximum Gasteiger partial charge on any atom is 0.245 e. The van der Waals surface area contributed by atoms with Crippen LogP contribution in [0.25, 0.3) is 0 Å². The average molecular weight is 275 g/mol. The Labute approximate surface area is 111 Å². The van der Waals surface area contributed by atoms with Crippen LogP contribution in [-0.4, -0.2) is 51.4 Å². The Morgan fingerprint density at radius 2 is 2.33 bits per heavy atom. The Hall–Kier alpha value is -0.760. The Morgan fingerprint density at radius 1 is 1.56 bits per heavy atom. The van der Waals surface area contributed by atoms with Gasteiger partial charge in [0.2, 0.25) is 5.88 Å². The Balaban J connectivity index is 2.11. The van der Waals surface area contributed by atoms with E-state index in [0.717, 1.165) is 24.7 Å². The average Bonchev–Trinajstić information content (AvgIpc) is 2.78. The largest absolute Gasteiger partial charge is 0.473 e. The highest BCUT2D eigenvalue weighted by atomic mass is 32.1. The first-order valence-corrected chi connectivity index (χ1v) is 6.66. The number of aliphatic hydroxyl groups excluding tert-OH is 2. The molecule has 1 aromatic rings. The van der Waals surface area contributed by atoms with Crippen molar-refractivity contribution in [2.24, 2.45) is 5.41 Å². The molecule has 0 saturated heterocycles. The second-order valence-electron chi connectivity index (χ2n) is 4.98. The second-order valence-corrected chi connectivity index (χ2v) is 5.54. The molecule has 1 aromatic heterocycles. The van der Waals surface area contributed by atoms with Gasteiger partial charge in [-0.3, -0.25) is 0 Å². The van der Waals surface area contributed by atoms with Crippen molar-refractivity contribution in [3.63, 3.8) is 0 Å². The van der Waals surface area contributed by atoms with Crippen LogP contribution in [0.4, 0.5) is 0 Å². The van der Waals surface area contributed by atoms with Gasteiger partial charge in [0, 0.05) is 19.7 Å². The van der Waals surface area contributed by atoms with Gasteiger partial charge < -0.3 is 20.3 Å². The van der Waals surface area contributed by atoms with E-state index in [1.165, 1.54) is 6.20 Å². The smallest absolute Gasteiger partial charge is 0.245 e. The number of rotatable bonds is 9. The number of ether oxygens (including phenoxy) is 1. The van der Waals surface area contributed by atoms with E-state index in [4.69, 9.17) is 9.84 Å². The van der Waals surface area contributed by atoms with E-state index in [1.807, 2.05) is 0 Å². The van der Waals surface area contributed by atoms with Crippen LogP contribution in [-0.2, 0) is 0 Å². The number of nitrogens with one attached hydrogen (secondary N) is 1. The van der Waals surface area contributed by atoms with Gasteiger partial charge in [-0.1, -0.05) is 13.8 Å². The lowest BCUT2D eigenvalue weighted by molar-refractivity contribution is 0.100. The molecule has 0 bridgehead atoms. The Bertz CT molecular complexity index is 319. The molecule has 0 radical (unpaired) electrons. The van der Waals surface area contributed by atoms with Crippen molar-refractivity contribution < 1.29 is 14.9 Å². The van der Waals surface area contributed by atoms with E-state index in [0.29, 0.717) is 12.4 Å². The molecular formula is C11H21N3O3S. The van der Waals surface area contributed by atoms with Crippen molar-refractivity contribution in [3.8, 4) is 5.88 Å². The van der Waals surface area contributed by atoms with Crippen molar-refractivity contribution in [2.45, 2.75) is 26.4 Å². The first kappa shape index (κ1) is 15.3. The summed E-state index contributed by atoms with van der Waals surface area (Å²) >= 11 is 1.07. The standard InChI is InChI=1S/C11H21N3O3S/c1-11(2,3-4-15)8-12-5-9(16)7-17-10-6-13-18-14-10/h6,9,12,15-16H,3-5,7-8H2,1-2H3. The lowest BCUT2D eigenvalue weighted by Gasteiger charge is -2.24. The van der Waals surface area contributed by atoms with Gasteiger partial charge in [0.25, 0.3) is 0 Å². The molecule has 18 heavy (non-hydrogen) atoms. The summed E-state index contributed by atoms with van der Waals surface area (Å²) in [5.74, 6) is 0.444. The quantitative estimate of drug-likeness (QED) is 0.600. The summed E-state index contributed by atoms with van der Waals surface area (Å²) in [6.45, 7) is 5.70. The van der Waals surface area contributed by atoms with Crippen molar-refractivity contribution in [3.05, 3.63) is 6.20 Å². The minimum Gasteiger partial charge on any atom is -0.473 e. The molecule has 3 N–H and O–H groups in total. The fourth-order valence-corrected chi connectivity index (χ4v) is 1.79. The second kappa shape index (κ2) is 7.63. The summed E-state index contributed by atoms with van der Waals surface area (Å²) in [6, 6.07) is 0. The zero-order valence-corrected chi connectivity index (χ0v) is 11.6.